The minimum absolute atomic E-state index is 0.0322. The summed E-state index contributed by atoms with van der Waals surface area (Å²) in [6.45, 7) is 2.22. The van der Waals surface area contributed by atoms with Gasteiger partial charge in [0.2, 0.25) is 0 Å². The van der Waals surface area contributed by atoms with Crippen LogP contribution in [0.4, 0.5) is 13.2 Å². The highest BCUT2D eigenvalue weighted by Gasteiger charge is 2.54. The molecule has 3 aliphatic carbocycles. The van der Waals surface area contributed by atoms with Crippen molar-refractivity contribution in [2.45, 2.75) is 56.9 Å². The van der Waals surface area contributed by atoms with Crippen LogP contribution in [0.5, 0.6) is 5.75 Å². The molecule has 9 heteroatoms. The molecule has 5 nitrogen and oxygen atoms in total. The number of ketones is 1. The highest BCUT2D eigenvalue weighted by Crippen LogP contribution is 2.59. The van der Waals surface area contributed by atoms with Crippen molar-refractivity contribution in [1.29, 1.82) is 0 Å². The van der Waals surface area contributed by atoms with Crippen LogP contribution in [0.1, 0.15) is 56.1 Å². The first-order valence-corrected chi connectivity index (χ1v) is 10.7. The number of rotatable bonds is 0. The third-order valence-corrected chi connectivity index (χ3v) is 7.30. The number of phenols is 1. The van der Waals surface area contributed by atoms with E-state index in [4.69, 9.17) is 13.0 Å². The van der Waals surface area contributed by atoms with Gasteiger partial charge in [-0.25, -0.2) is 0 Å². The quantitative estimate of drug-likeness (QED) is 0.485. The third kappa shape index (κ3) is 3.66. The van der Waals surface area contributed by atoms with E-state index in [-0.39, 0.29) is 5.41 Å². The van der Waals surface area contributed by atoms with Gasteiger partial charge >= 0.3 is 15.6 Å². The molecule has 1 aromatic rings. The maximum Gasteiger partial charge on any atom is 0.522 e. The van der Waals surface area contributed by atoms with E-state index in [2.05, 4.69) is 13.0 Å². The van der Waals surface area contributed by atoms with Crippen molar-refractivity contribution in [3.63, 3.8) is 0 Å². The standard InChI is InChI=1S/C18H22O2.CHF3O3S/c1-18-9-8-14-13-5-3-12(19)10-11(13)2-4-15(14)16(18)6-7-17(18)20;2-1(3,4)8(5,6)7/h3,5,10,14-16,19H,2,4,6-9H2,1H3;(H,5,6,7)/t14-,15-,16+,18+;/m1./s1. The van der Waals surface area contributed by atoms with E-state index in [0.29, 0.717) is 29.3 Å². The lowest BCUT2D eigenvalue weighted by molar-refractivity contribution is -0.129. The summed E-state index contributed by atoms with van der Waals surface area (Å²) >= 11 is 0. The highest BCUT2D eigenvalue weighted by atomic mass is 32.2. The highest BCUT2D eigenvalue weighted by molar-refractivity contribution is 7.86. The zero-order valence-corrected chi connectivity index (χ0v) is 16.2. The lowest BCUT2D eigenvalue weighted by Gasteiger charge is -2.48. The lowest BCUT2D eigenvalue weighted by Crippen LogP contribution is -2.42. The number of hydrogen-bond donors (Lipinski definition) is 2. The molecule has 2 N–H and O–H groups in total. The molecule has 0 aliphatic heterocycles. The van der Waals surface area contributed by atoms with Crippen LogP contribution in [-0.2, 0) is 21.3 Å². The number of benzene rings is 1. The van der Waals surface area contributed by atoms with Crippen molar-refractivity contribution in [2.24, 2.45) is 17.3 Å². The molecule has 0 heterocycles. The van der Waals surface area contributed by atoms with E-state index >= 15 is 0 Å². The summed E-state index contributed by atoms with van der Waals surface area (Å²) < 4.78 is 57.5. The summed E-state index contributed by atoms with van der Waals surface area (Å²) in [5, 5.41) is 9.67. The average Bonchev–Trinajstić information content (AvgIpc) is 2.88. The van der Waals surface area contributed by atoms with Crippen molar-refractivity contribution >= 4 is 15.9 Å². The van der Waals surface area contributed by atoms with Crippen molar-refractivity contribution in [1.82, 2.24) is 0 Å². The molecular formula is C19H23F3O5S. The number of carbonyl (C=O) groups excluding carboxylic acids is 1. The second-order valence-electron chi connectivity index (χ2n) is 8.14. The lowest BCUT2D eigenvalue weighted by atomic mass is 9.55. The number of aromatic hydroxyl groups is 1. The summed E-state index contributed by atoms with van der Waals surface area (Å²) in [6, 6.07) is 5.90. The predicted octanol–water partition coefficient (Wildman–Crippen LogP) is 4.21. The maximum atomic E-state index is 12.3. The normalized spacial score (nSPS) is 31.9. The molecular weight excluding hydrogens is 397 g/mol. The number of carbonyl (C=O) groups is 1. The molecule has 28 heavy (non-hydrogen) atoms. The molecule has 4 rings (SSSR count). The van der Waals surface area contributed by atoms with Gasteiger partial charge in [0, 0.05) is 11.8 Å². The number of Topliss-reactive ketones (excluding diaryl/α,β-unsaturated/α-hetero) is 1. The van der Waals surface area contributed by atoms with Gasteiger partial charge in [-0.1, -0.05) is 13.0 Å². The fourth-order valence-corrected chi connectivity index (χ4v) is 5.34. The Bertz CT molecular complexity index is 880. The van der Waals surface area contributed by atoms with Crippen LogP contribution in [0, 0.1) is 17.3 Å². The van der Waals surface area contributed by atoms with Crippen LogP contribution < -0.4 is 0 Å². The number of halogens is 3. The van der Waals surface area contributed by atoms with Crippen LogP contribution in [0.2, 0.25) is 0 Å². The third-order valence-electron chi connectivity index (χ3n) is 6.71. The van der Waals surface area contributed by atoms with Gasteiger partial charge in [-0.05, 0) is 73.1 Å². The summed E-state index contributed by atoms with van der Waals surface area (Å²) in [5.74, 6) is 2.78. The Kier molecular flexibility index (Phi) is 5.29. The first-order chi connectivity index (χ1) is 12.8. The first-order valence-electron chi connectivity index (χ1n) is 9.23. The molecule has 0 amide bonds. The second kappa shape index (κ2) is 7.02. The van der Waals surface area contributed by atoms with Crippen molar-refractivity contribution < 1.29 is 36.0 Å². The number of phenolic OH excluding ortho intramolecular Hbond substituents is 1. The fraction of sp³-hybridized carbons (Fsp3) is 0.632. The Labute approximate surface area is 161 Å². The van der Waals surface area contributed by atoms with E-state index in [1.54, 1.807) is 0 Å². The van der Waals surface area contributed by atoms with E-state index in [0.717, 1.165) is 32.1 Å². The Hall–Kier alpha value is -1.61. The van der Waals surface area contributed by atoms with Crippen LogP contribution in [0.3, 0.4) is 0 Å². The maximum absolute atomic E-state index is 12.3. The summed E-state index contributed by atoms with van der Waals surface area (Å²) in [7, 11) is -5.84. The van der Waals surface area contributed by atoms with Crippen LogP contribution in [-0.4, -0.2) is 29.4 Å². The Morgan fingerprint density at radius 3 is 2.39 bits per heavy atom. The molecule has 0 saturated heterocycles. The van der Waals surface area contributed by atoms with Gasteiger partial charge in [0.1, 0.15) is 11.5 Å². The van der Waals surface area contributed by atoms with E-state index < -0.39 is 15.6 Å². The molecule has 0 unspecified atom stereocenters. The largest absolute Gasteiger partial charge is 0.522 e. The van der Waals surface area contributed by atoms with Gasteiger partial charge in [0.05, 0.1) is 0 Å². The monoisotopic (exact) mass is 420 g/mol. The van der Waals surface area contributed by atoms with Gasteiger partial charge in [0.25, 0.3) is 0 Å². The fourth-order valence-electron chi connectivity index (χ4n) is 5.34. The zero-order valence-electron chi connectivity index (χ0n) is 15.4. The number of hydrogen-bond acceptors (Lipinski definition) is 4. The van der Waals surface area contributed by atoms with Crippen LogP contribution in [0.15, 0.2) is 18.2 Å². The molecule has 0 spiro atoms. The SMILES string of the molecule is C[C@]12CC[C@@H]3c4ccc(O)cc4CC[C@H]3[C@@H]1CCC2=O.O=S(=O)(O)C(F)(F)F. The van der Waals surface area contributed by atoms with Gasteiger partial charge in [-0.2, -0.15) is 21.6 Å². The topological polar surface area (TPSA) is 91.7 Å². The second-order valence-corrected chi connectivity index (χ2v) is 9.55. The molecule has 2 saturated carbocycles. The molecule has 2 fully saturated rings. The average molecular weight is 420 g/mol. The zero-order chi connectivity index (χ0) is 20.9. The Morgan fingerprint density at radius 1 is 1.14 bits per heavy atom. The van der Waals surface area contributed by atoms with Crippen molar-refractivity contribution in [2.75, 3.05) is 0 Å². The minimum Gasteiger partial charge on any atom is -0.508 e. The van der Waals surface area contributed by atoms with E-state index in [1.807, 2.05) is 12.1 Å². The summed E-state index contributed by atoms with van der Waals surface area (Å²) in [4.78, 5) is 12.3. The Morgan fingerprint density at radius 2 is 1.79 bits per heavy atom. The van der Waals surface area contributed by atoms with E-state index in [9.17, 15) is 23.1 Å². The Balaban J connectivity index is 0.000000242. The van der Waals surface area contributed by atoms with E-state index in [1.165, 1.54) is 17.5 Å². The van der Waals surface area contributed by atoms with Gasteiger partial charge in [-0.3, -0.25) is 9.35 Å². The molecule has 0 aromatic heterocycles. The van der Waals surface area contributed by atoms with Gasteiger partial charge in [-0.15, -0.1) is 0 Å². The minimum atomic E-state index is -5.84. The number of aryl methyl sites for hydroxylation is 1. The molecule has 3 aliphatic rings. The van der Waals surface area contributed by atoms with Gasteiger partial charge < -0.3 is 5.11 Å². The molecule has 156 valence electrons. The molecule has 4 atom stereocenters. The van der Waals surface area contributed by atoms with Crippen molar-refractivity contribution in [3.8, 4) is 5.75 Å². The smallest absolute Gasteiger partial charge is 0.508 e. The molecule has 0 radical (unpaired) electrons. The van der Waals surface area contributed by atoms with Gasteiger partial charge in [0.15, 0.2) is 0 Å². The number of alkyl halides is 3. The van der Waals surface area contributed by atoms with Crippen LogP contribution >= 0.6 is 0 Å². The summed E-state index contributed by atoms with van der Waals surface area (Å²) in [6.07, 6.45) is 6.34. The van der Waals surface area contributed by atoms with Crippen molar-refractivity contribution in [3.05, 3.63) is 29.3 Å². The molecule has 1 aromatic carbocycles. The van der Waals surface area contributed by atoms with Crippen LogP contribution in [0.25, 0.3) is 0 Å². The summed E-state index contributed by atoms with van der Waals surface area (Å²) in [5.41, 5.74) is -2.79. The predicted molar refractivity (Wildman–Crippen MR) is 95.3 cm³/mol. The first kappa shape index (κ1) is 21.1. The molecule has 0 bridgehead atoms. The number of fused-ring (bicyclic) bond motifs is 5.